The summed E-state index contributed by atoms with van der Waals surface area (Å²) in [5, 5.41) is 14.3. The zero-order chi connectivity index (χ0) is 19.2. The van der Waals surface area contributed by atoms with Gasteiger partial charge in [0.25, 0.3) is 5.91 Å². The molecule has 0 aliphatic carbocycles. The van der Waals surface area contributed by atoms with Gasteiger partial charge in [-0.05, 0) is 26.0 Å². The molecule has 0 spiro atoms. The van der Waals surface area contributed by atoms with Gasteiger partial charge in [0, 0.05) is 25.0 Å². The molecule has 8 heteroatoms. The number of aromatic nitrogens is 1. The van der Waals surface area contributed by atoms with E-state index >= 15 is 0 Å². The number of nitrogens with zero attached hydrogens (tertiary/aromatic N) is 3. The highest BCUT2D eigenvalue weighted by Crippen LogP contribution is 2.20. The van der Waals surface area contributed by atoms with E-state index in [1.54, 1.807) is 24.3 Å². The molecule has 2 aromatic rings. The number of amides is 1. The van der Waals surface area contributed by atoms with Crippen molar-refractivity contribution in [2.24, 2.45) is 0 Å². The molecule has 0 radical (unpaired) electrons. The van der Waals surface area contributed by atoms with Crippen molar-refractivity contribution in [1.82, 2.24) is 9.88 Å². The van der Waals surface area contributed by atoms with Crippen LogP contribution in [0.3, 0.4) is 0 Å². The van der Waals surface area contributed by atoms with E-state index in [9.17, 15) is 4.79 Å². The van der Waals surface area contributed by atoms with E-state index in [-0.39, 0.29) is 24.7 Å². The smallest absolute Gasteiger partial charge is 0.264 e. The van der Waals surface area contributed by atoms with Crippen LogP contribution in [-0.4, -0.2) is 47.7 Å². The van der Waals surface area contributed by atoms with Crippen LogP contribution in [0.5, 0.6) is 5.75 Å². The van der Waals surface area contributed by atoms with E-state index in [1.807, 2.05) is 11.4 Å². The minimum Gasteiger partial charge on any atom is -0.482 e. The maximum atomic E-state index is 12.1. The number of morpholine rings is 1. The fourth-order valence-electron chi connectivity index (χ4n) is 3.06. The maximum Gasteiger partial charge on any atom is 0.264 e. The van der Waals surface area contributed by atoms with Crippen LogP contribution in [0.25, 0.3) is 0 Å². The second kappa shape index (κ2) is 8.95. The van der Waals surface area contributed by atoms with Crippen molar-refractivity contribution in [3.8, 4) is 11.8 Å². The van der Waals surface area contributed by atoms with Gasteiger partial charge in [0.2, 0.25) is 0 Å². The summed E-state index contributed by atoms with van der Waals surface area (Å²) in [7, 11) is 0. The third-order valence-corrected chi connectivity index (χ3v) is 4.85. The van der Waals surface area contributed by atoms with E-state index in [1.165, 1.54) is 11.3 Å². The molecule has 1 aliphatic heterocycles. The first kappa shape index (κ1) is 19.3. The molecular weight excluding hydrogens is 364 g/mol. The first-order valence-electron chi connectivity index (χ1n) is 8.77. The predicted octanol–water partition coefficient (Wildman–Crippen LogP) is 2.64. The number of benzene rings is 1. The normalized spacial score (nSPS) is 20.0. The Morgan fingerprint density at radius 1 is 1.41 bits per heavy atom. The summed E-state index contributed by atoms with van der Waals surface area (Å²) < 4.78 is 11.2. The van der Waals surface area contributed by atoms with Gasteiger partial charge in [-0.2, -0.15) is 5.26 Å². The van der Waals surface area contributed by atoms with Crippen LogP contribution in [-0.2, 0) is 16.1 Å². The quantitative estimate of drug-likeness (QED) is 0.821. The van der Waals surface area contributed by atoms with Gasteiger partial charge in [0.05, 0.1) is 23.5 Å². The summed E-state index contributed by atoms with van der Waals surface area (Å²) in [5.74, 6) is 0.0859. The molecule has 2 atom stereocenters. The number of para-hydroxylation sites is 1. The zero-order valence-corrected chi connectivity index (χ0v) is 16.2. The third-order valence-electron chi connectivity index (χ3n) is 4.05. The molecule has 0 saturated carbocycles. The summed E-state index contributed by atoms with van der Waals surface area (Å²) in [6, 6.07) is 8.85. The van der Waals surface area contributed by atoms with Crippen molar-refractivity contribution < 1.29 is 14.3 Å². The molecule has 0 bridgehead atoms. The van der Waals surface area contributed by atoms with Crippen LogP contribution in [0.15, 0.2) is 29.6 Å². The number of carbonyl (C=O) groups excluding carboxylic acids is 1. The lowest BCUT2D eigenvalue weighted by atomic mass is 10.2. The number of hydrogen-bond donors (Lipinski definition) is 1. The van der Waals surface area contributed by atoms with Gasteiger partial charge in [-0.15, -0.1) is 11.3 Å². The Bertz CT molecular complexity index is 822. The SMILES string of the molecule is CC1CN(Cc2csc(NC(=O)COc3ccccc3C#N)n2)CC(C)O1. The Balaban J connectivity index is 1.50. The van der Waals surface area contributed by atoms with Gasteiger partial charge in [0.15, 0.2) is 11.7 Å². The Morgan fingerprint density at radius 3 is 2.89 bits per heavy atom. The highest BCUT2D eigenvalue weighted by atomic mass is 32.1. The van der Waals surface area contributed by atoms with E-state index in [0.29, 0.717) is 16.4 Å². The first-order chi connectivity index (χ1) is 13.0. The third kappa shape index (κ3) is 5.50. The van der Waals surface area contributed by atoms with Crippen LogP contribution >= 0.6 is 11.3 Å². The molecule has 1 saturated heterocycles. The van der Waals surface area contributed by atoms with Gasteiger partial charge >= 0.3 is 0 Å². The highest BCUT2D eigenvalue weighted by molar-refractivity contribution is 7.13. The standard InChI is InChI=1S/C19H22N4O3S/c1-13-8-23(9-14(2)26-13)10-16-12-27-19(21-16)22-18(24)11-25-17-6-4-3-5-15(17)7-20/h3-6,12-14H,8-11H2,1-2H3,(H,21,22,24). The lowest BCUT2D eigenvalue weighted by Gasteiger charge is -2.34. The van der Waals surface area contributed by atoms with Crippen LogP contribution in [0, 0.1) is 11.3 Å². The Hall–Kier alpha value is -2.47. The molecule has 142 valence electrons. The van der Waals surface area contributed by atoms with Gasteiger partial charge in [-0.1, -0.05) is 12.1 Å². The number of anilines is 1. The van der Waals surface area contributed by atoms with E-state index in [2.05, 4.69) is 29.0 Å². The highest BCUT2D eigenvalue weighted by Gasteiger charge is 2.22. The van der Waals surface area contributed by atoms with E-state index in [0.717, 1.165) is 25.3 Å². The number of nitrogens with one attached hydrogen (secondary N) is 1. The summed E-state index contributed by atoms with van der Waals surface area (Å²) in [4.78, 5) is 18.9. The number of rotatable bonds is 6. The number of carbonyl (C=O) groups is 1. The average Bonchev–Trinajstić information content (AvgIpc) is 3.06. The lowest BCUT2D eigenvalue weighted by molar-refractivity contribution is -0.118. The molecule has 1 aromatic heterocycles. The molecule has 2 unspecified atom stereocenters. The van der Waals surface area contributed by atoms with Gasteiger partial charge in [-0.3, -0.25) is 15.0 Å². The molecule has 1 N–H and O–H groups in total. The summed E-state index contributed by atoms with van der Waals surface area (Å²) in [5.41, 5.74) is 1.32. The topological polar surface area (TPSA) is 87.5 Å². The van der Waals surface area contributed by atoms with Crippen molar-refractivity contribution in [2.45, 2.75) is 32.6 Å². The Labute approximate surface area is 162 Å². The van der Waals surface area contributed by atoms with Gasteiger partial charge in [0.1, 0.15) is 11.8 Å². The zero-order valence-electron chi connectivity index (χ0n) is 15.3. The van der Waals surface area contributed by atoms with Crippen LogP contribution in [0.1, 0.15) is 25.1 Å². The molecule has 2 heterocycles. The van der Waals surface area contributed by atoms with Crippen molar-refractivity contribution >= 4 is 22.4 Å². The minimum atomic E-state index is -0.308. The lowest BCUT2D eigenvalue weighted by Crippen LogP contribution is -2.44. The molecule has 1 aromatic carbocycles. The van der Waals surface area contributed by atoms with Crippen molar-refractivity contribution in [2.75, 3.05) is 25.0 Å². The maximum absolute atomic E-state index is 12.1. The molecule has 3 rings (SSSR count). The van der Waals surface area contributed by atoms with Crippen molar-refractivity contribution in [3.05, 3.63) is 40.9 Å². The summed E-state index contributed by atoms with van der Waals surface area (Å²) in [6.45, 7) is 6.44. The van der Waals surface area contributed by atoms with Crippen molar-refractivity contribution in [3.63, 3.8) is 0 Å². The first-order valence-corrected chi connectivity index (χ1v) is 9.65. The average molecular weight is 386 g/mol. The van der Waals surface area contributed by atoms with Gasteiger partial charge < -0.3 is 9.47 Å². The second-order valence-corrected chi connectivity index (χ2v) is 7.40. The second-order valence-electron chi connectivity index (χ2n) is 6.54. The molecule has 27 heavy (non-hydrogen) atoms. The van der Waals surface area contributed by atoms with E-state index in [4.69, 9.17) is 14.7 Å². The molecule has 1 aliphatic rings. The molecular formula is C19H22N4O3S. The molecule has 7 nitrogen and oxygen atoms in total. The van der Waals surface area contributed by atoms with Gasteiger partial charge in [-0.25, -0.2) is 4.98 Å². The predicted molar refractivity (Wildman–Crippen MR) is 103 cm³/mol. The fraction of sp³-hybridized carbons (Fsp3) is 0.421. The number of ether oxygens (including phenoxy) is 2. The largest absolute Gasteiger partial charge is 0.482 e. The number of nitriles is 1. The summed E-state index contributed by atoms with van der Waals surface area (Å²) >= 11 is 1.39. The van der Waals surface area contributed by atoms with Crippen LogP contribution in [0.4, 0.5) is 5.13 Å². The van der Waals surface area contributed by atoms with Crippen LogP contribution < -0.4 is 10.1 Å². The van der Waals surface area contributed by atoms with Crippen molar-refractivity contribution in [1.29, 1.82) is 5.26 Å². The number of thiazole rings is 1. The minimum absolute atomic E-state index is 0.175. The fourth-order valence-corrected chi connectivity index (χ4v) is 3.78. The Morgan fingerprint density at radius 2 is 2.15 bits per heavy atom. The van der Waals surface area contributed by atoms with Crippen LogP contribution in [0.2, 0.25) is 0 Å². The monoisotopic (exact) mass is 386 g/mol. The Kier molecular flexibility index (Phi) is 6.40. The molecule has 1 amide bonds. The number of hydrogen-bond acceptors (Lipinski definition) is 7. The van der Waals surface area contributed by atoms with E-state index < -0.39 is 0 Å². The summed E-state index contributed by atoms with van der Waals surface area (Å²) in [6.07, 6.45) is 0.417. The molecule has 1 fully saturated rings.